The average molecular weight is 261 g/mol. The summed E-state index contributed by atoms with van der Waals surface area (Å²) in [6.45, 7) is 9.77. The molecule has 0 spiro atoms. The van der Waals surface area contributed by atoms with Crippen molar-refractivity contribution in [3.63, 3.8) is 0 Å². The Bertz CT molecular complexity index is 519. The van der Waals surface area contributed by atoms with Gasteiger partial charge in [-0.3, -0.25) is 4.79 Å². The number of hydrogen-bond acceptors (Lipinski definition) is 2. The van der Waals surface area contributed by atoms with Crippen LogP contribution in [0.3, 0.4) is 0 Å². The highest BCUT2D eigenvalue weighted by molar-refractivity contribution is 5.93. The molecule has 19 heavy (non-hydrogen) atoms. The number of fused-ring (bicyclic) bond motifs is 2. The molecule has 4 heteroatoms. The van der Waals surface area contributed by atoms with Gasteiger partial charge in [0.05, 0.1) is 6.33 Å². The summed E-state index contributed by atoms with van der Waals surface area (Å²) in [7, 11) is 0. The predicted molar refractivity (Wildman–Crippen MR) is 73.9 cm³/mol. The summed E-state index contributed by atoms with van der Waals surface area (Å²) >= 11 is 0. The van der Waals surface area contributed by atoms with E-state index in [0.29, 0.717) is 17.2 Å². The molecule has 4 nitrogen and oxygen atoms in total. The SMILES string of the molecule is Cc1[nH]cnc1C(=O)N1CC2(C)CC1CC(C)(C)C2. The fourth-order valence-electron chi connectivity index (χ4n) is 4.41. The first kappa shape index (κ1) is 12.7. The zero-order valence-electron chi connectivity index (χ0n) is 12.3. The number of H-pyrrole nitrogens is 1. The number of aryl methyl sites for hydroxylation is 1. The summed E-state index contributed by atoms with van der Waals surface area (Å²) in [5, 5.41) is 0. The van der Waals surface area contributed by atoms with Gasteiger partial charge < -0.3 is 9.88 Å². The van der Waals surface area contributed by atoms with Gasteiger partial charge in [0.15, 0.2) is 0 Å². The Labute approximate surface area is 114 Å². The van der Waals surface area contributed by atoms with E-state index in [1.165, 1.54) is 6.42 Å². The average Bonchev–Trinajstić information content (AvgIpc) is 2.78. The summed E-state index contributed by atoms with van der Waals surface area (Å²) in [6.07, 6.45) is 5.07. The zero-order chi connectivity index (χ0) is 13.8. The first-order chi connectivity index (χ1) is 8.80. The predicted octanol–water partition coefficient (Wildman–Crippen LogP) is 2.76. The third kappa shape index (κ3) is 2.07. The molecule has 2 fully saturated rings. The van der Waals surface area contributed by atoms with Gasteiger partial charge in [0.25, 0.3) is 5.91 Å². The minimum Gasteiger partial charge on any atom is -0.348 e. The maximum Gasteiger partial charge on any atom is 0.274 e. The Morgan fingerprint density at radius 2 is 2.16 bits per heavy atom. The molecule has 0 aromatic carbocycles. The van der Waals surface area contributed by atoms with Crippen LogP contribution in [0.25, 0.3) is 0 Å². The monoisotopic (exact) mass is 261 g/mol. The lowest BCUT2D eigenvalue weighted by atomic mass is 9.65. The maximum atomic E-state index is 12.7. The van der Waals surface area contributed by atoms with E-state index in [-0.39, 0.29) is 11.3 Å². The van der Waals surface area contributed by atoms with E-state index in [9.17, 15) is 4.79 Å². The number of likely N-dealkylation sites (tertiary alicyclic amines) is 1. The summed E-state index contributed by atoms with van der Waals surface area (Å²) in [6, 6.07) is 0.386. The molecule has 3 rings (SSSR count). The highest BCUT2D eigenvalue weighted by atomic mass is 16.2. The van der Waals surface area contributed by atoms with Crippen LogP contribution in [-0.2, 0) is 0 Å². The Morgan fingerprint density at radius 1 is 1.42 bits per heavy atom. The van der Waals surface area contributed by atoms with Crippen LogP contribution >= 0.6 is 0 Å². The number of carbonyl (C=O) groups excluding carboxylic acids is 1. The van der Waals surface area contributed by atoms with Gasteiger partial charge in [-0.2, -0.15) is 0 Å². The minimum absolute atomic E-state index is 0.102. The summed E-state index contributed by atoms with van der Waals surface area (Å²) in [5.41, 5.74) is 2.09. The molecule has 1 N–H and O–H groups in total. The third-order valence-electron chi connectivity index (χ3n) is 4.71. The molecular formula is C15H23N3O. The Morgan fingerprint density at radius 3 is 2.79 bits per heavy atom. The van der Waals surface area contributed by atoms with Crippen molar-refractivity contribution in [1.29, 1.82) is 0 Å². The van der Waals surface area contributed by atoms with Gasteiger partial charge in [-0.15, -0.1) is 0 Å². The number of nitrogens with one attached hydrogen (secondary N) is 1. The molecule has 1 aliphatic carbocycles. The molecule has 2 aliphatic rings. The fourth-order valence-corrected chi connectivity index (χ4v) is 4.41. The zero-order valence-corrected chi connectivity index (χ0v) is 12.3. The van der Waals surface area contributed by atoms with Crippen molar-refractivity contribution in [2.75, 3.05) is 6.54 Å². The summed E-state index contributed by atoms with van der Waals surface area (Å²) in [5.74, 6) is 0.102. The van der Waals surface area contributed by atoms with Crippen molar-refractivity contribution in [1.82, 2.24) is 14.9 Å². The van der Waals surface area contributed by atoms with E-state index in [4.69, 9.17) is 0 Å². The first-order valence-corrected chi connectivity index (χ1v) is 7.11. The van der Waals surface area contributed by atoms with Gasteiger partial charge in [0.1, 0.15) is 5.69 Å². The van der Waals surface area contributed by atoms with Crippen molar-refractivity contribution >= 4 is 5.91 Å². The van der Waals surface area contributed by atoms with E-state index in [1.54, 1.807) is 6.33 Å². The standard InChI is InChI=1S/C15H23N3O/c1-10-12(17-9-16-10)13(19)18-8-15(4)6-11(18)5-14(2,3)7-15/h9,11H,5-8H2,1-4H3,(H,16,17). The molecule has 2 atom stereocenters. The largest absolute Gasteiger partial charge is 0.348 e. The van der Waals surface area contributed by atoms with Crippen LogP contribution < -0.4 is 0 Å². The quantitative estimate of drug-likeness (QED) is 0.845. The number of carbonyl (C=O) groups is 1. The van der Waals surface area contributed by atoms with Gasteiger partial charge >= 0.3 is 0 Å². The molecule has 0 radical (unpaired) electrons. The highest BCUT2D eigenvalue weighted by Gasteiger charge is 2.51. The van der Waals surface area contributed by atoms with Crippen molar-refractivity contribution in [3.05, 3.63) is 17.7 Å². The summed E-state index contributed by atoms with van der Waals surface area (Å²) in [4.78, 5) is 21.9. The van der Waals surface area contributed by atoms with Crippen LogP contribution in [0, 0.1) is 17.8 Å². The van der Waals surface area contributed by atoms with E-state index in [2.05, 4.69) is 35.6 Å². The number of hydrogen-bond donors (Lipinski definition) is 1. The van der Waals surface area contributed by atoms with Crippen LogP contribution in [0.2, 0.25) is 0 Å². The van der Waals surface area contributed by atoms with Gasteiger partial charge in [-0.1, -0.05) is 20.8 Å². The van der Waals surface area contributed by atoms with Crippen LogP contribution in [0.1, 0.15) is 56.2 Å². The molecule has 2 bridgehead atoms. The number of nitrogens with zero attached hydrogens (tertiary/aromatic N) is 2. The van der Waals surface area contributed by atoms with Crippen LogP contribution in [0.5, 0.6) is 0 Å². The lowest BCUT2D eigenvalue weighted by molar-refractivity contribution is 0.0702. The van der Waals surface area contributed by atoms with Crippen molar-refractivity contribution in [2.24, 2.45) is 10.8 Å². The van der Waals surface area contributed by atoms with E-state index in [0.717, 1.165) is 25.1 Å². The Balaban J connectivity index is 1.88. The number of aromatic amines is 1. The second kappa shape index (κ2) is 3.84. The maximum absolute atomic E-state index is 12.7. The molecule has 1 aromatic heterocycles. The number of imidazole rings is 1. The lowest BCUT2D eigenvalue weighted by Crippen LogP contribution is -2.38. The van der Waals surface area contributed by atoms with Crippen LogP contribution in [0.4, 0.5) is 0 Å². The first-order valence-electron chi connectivity index (χ1n) is 7.11. The lowest BCUT2D eigenvalue weighted by Gasteiger charge is -2.39. The molecule has 2 heterocycles. The Kier molecular flexibility index (Phi) is 2.57. The fraction of sp³-hybridized carbons (Fsp3) is 0.733. The third-order valence-corrected chi connectivity index (χ3v) is 4.71. The van der Waals surface area contributed by atoms with E-state index >= 15 is 0 Å². The normalized spacial score (nSPS) is 32.6. The molecule has 2 unspecified atom stereocenters. The number of rotatable bonds is 1. The number of amides is 1. The van der Waals surface area contributed by atoms with E-state index in [1.807, 2.05) is 6.92 Å². The van der Waals surface area contributed by atoms with Crippen molar-refractivity contribution in [3.8, 4) is 0 Å². The van der Waals surface area contributed by atoms with E-state index < -0.39 is 0 Å². The molecule has 1 saturated carbocycles. The molecule has 1 saturated heterocycles. The molecule has 1 aliphatic heterocycles. The van der Waals surface area contributed by atoms with Crippen molar-refractivity contribution in [2.45, 2.75) is 53.0 Å². The topological polar surface area (TPSA) is 49.0 Å². The molecular weight excluding hydrogens is 238 g/mol. The van der Waals surface area contributed by atoms with Gasteiger partial charge in [-0.05, 0) is 37.0 Å². The van der Waals surface area contributed by atoms with Gasteiger partial charge in [0, 0.05) is 18.3 Å². The molecule has 104 valence electrons. The van der Waals surface area contributed by atoms with Crippen molar-refractivity contribution < 1.29 is 4.79 Å². The van der Waals surface area contributed by atoms with Crippen LogP contribution in [0.15, 0.2) is 6.33 Å². The summed E-state index contributed by atoms with van der Waals surface area (Å²) < 4.78 is 0. The molecule has 1 aromatic rings. The van der Waals surface area contributed by atoms with Crippen LogP contribution in [-0.4, -0.2) is 33.4 Å². The van der Waals surface area contributed by atoms with Gasteiger partial charge in [-0.25, -0.2) is 4.98 Å². The molecule has 1 amide bonds. The Hall–Kier alpha value is -1.32. The second-order valence-corrected chi connectivity index (χ2v) is 7.52. The second-order valence-electron chi connectivity index (χ2n) is 7.52. The number of aromatic nitrogens is 2. The van der Waals surface area contributed by atoms with Gasteiger partial charge in [0.2, 0.25) is 0 Å². The minimum atomic E-state index is 0.102. The highest BCUT2D eigenvalue weighted by Crippen LogP contribution is 2.52. The smallest absolute Gasteiger partial charge is 0.274 e.